The first-order chi connectivity index (χ1) is 11.1. The summed E-state index contributed by atoms with van der Waals surface area (Å²) in [5.74, 6) is -1.37. The summed E-state index contributed by atoms with van der Waals surface area (Å²) >= 11 is 7.29. The van der Waals surface area contributed by atoms with E-state index in [4.69, 9.17) is 11.6 Å². The third-order valence-corrected chi connectivity index (χ3v) is 4.65. The van der Waals surface area contributed by atoms with E-state index in [-0.39, 0.29) is 10.6 Å². The fourth-order valence-corrected chi connectivity index (χ4v) is 3.54. The average Bonchev–Trinajstić information content (AvgIpc) is 2.85. The lowest BCUT2D eigenvalue weighted by molar-refractivity contribution is 0.0994. The number of carbonyl (C=O) groups excluding carboxylic acids is 1. The van der Waals surface area contributed by atoms with Gasteiger partial charge in [0.05, 0.1) is 20.8 Å². The van der Waals surface area contributed by atoms with Gasteiger partial charge in [-0.25, -0.2) is 4.39 Å². The van der Waals surface area contributed by atoms with E-state index >= 15 is 0 Å². The SMILES string of the molecule is C=CCn1c(=NC(=O)c2c(F)cccc2Cl)sc2ccccc21. The molecular formula is C17H12ClFN2OS. The van der Waals surface area contributed by atoms with Crippen LogP contribution in [0.1, 0.15) is 10.4 Å². The number of amides is 1. The number of fused-ring (bicyclic) bond motifs is 1. The van der Waals surface area contributed by atoms with E-state index in [2.05, 4.69) is 11.6 Å². The number of aromatic nitrogens is 1. The van der Waals surface area contributed by atoms with Crippen LogP contribution >= 0.6 is 22.9 Å². The zero-order valence-electron chi connectivity index (χ0n) is 12.0. The molecule has 6 heteroatoms. The first-order valence-corrected chi connectivity index (χ1v) is 8.03. The van der Waals surface area contributed by atoms with Gasteiger partial charge in [-0.05, 0) is 24.3 Å². The Bertz CT molecular complexity index is 954. The van der Waals surface area contributed by atoms with Crippen LogP contribution in [0.4, 0.5) is 4.39 Å². The molecule has 3 aromatic rings. The van der Waals surface area contributed by atoms with Crippen molar-refractivity contribution in [2.45, 2.75) is 6.54 Å². The fourth-order valence-electron chi connectivity index (χ4n) is 2.26. The number of carbonyl (C=O) groups is 1. The van der Waals surface area contributed by atoms with Crippen LogP contribution in [0, 0.1) is 5.82 Å². The minimum Gasteiger partial charge on any atom is -0.312 e. The van der Waals surface area contributed by atoms with Crippen LogP contribution in [0.3, 0.4) is 0 Å². The molecule has 23 heavy (non-hydrogen) atoms. The maximum Gasteiger partial charge on any atom is 0.284 e. The number of para-hydroxylation sites is 1. The minimum absolute atomic E-state index is 0.0510. The van der Waals surface area contributed by atoms with Gasteiger partial charge in [0.2, 0.25) is 0 Å². The molecule has 116 valence electrons. The summed E-state index contributed by atoms with van der Waals surface area (Å²) in [4.78, 5) is 16.9. The van der Waals surface area contributed by atoms with Gasteiger partial charge in [0, 0.05) is 6.54 Å². The standard InChI is InChI=1S/C17H12ClFN2OS/c1-2-10-21-13-8-3-4-9-14(13)23-17(21)20-16(22)15-11(18)6-5-7-12(15)19/h2-9H,1,10H2. The van der Waals surface area contributed by atoms with Gasteiger partial charge in [-0.1, -0.05) is 47.2 Å². The Morgan fingerprint density at radius 3 is 2.83 bits per heavy atom. The summed E-state index contributed by atoms with van der Waals surface area (Å²) in [5.41, 5.74) is 0.736. The maximum atomic E-state index is 13.9. The highest BCUT2D eigenvalue weighted by Gasteiger charge is 2.16. The molecule has 3 nitrogen and oxygen atoms in total. The molecule has 2 aromatic carbocycles. The highest BCUT2D eigenvalue weighted by Crippen LogP contribution is 2.21. The lowest BCUT2D eigenvalue weighted by Gasteiger charge is -2.02. The molecule has 0 spiro atoms. The molecule has 1 amide bonds. The first kappa shape index (κ1) is 15.6. The van der Waals surface area contributed by atoms with Gasteiger partial charge in [-0.2, -0.15) is 4.99 Å². The molecule has 0 saturated heterocycles. The number of rotatable bonds is 3. The second-order valence-corrected chi connectivity index (χ2v) is 6.18. The second-order valence-electron chi connectivity index (χ2n) is 4.77. The highest BCUT2D eigenvalue weighted by molar-refractivity contribution is 7.16. The quantitative estimate of drug-likeness (QED) is 0.646. The Kier molecular flexibility index (Phi) is 4.41. The van der Waals surface area contributed by atoms with Crippen molar-refractivity contribution >= 4 is 39.1 Å². The van der Waals surface area contributed by atoms with Crippen LogP contribution in [0.25, 0.3) is 10.2 Å². The molecule has 0 aliphatic carbocycles. The Hall–Kier alpha value is -2.24. The molecule has 1 aromatic heterocycles. The number of thiazole rings is 1. The average molecular weight is 347 g/mol. The van der Waals surface area contributed by atoms with Crippen molar-refractivity contribution in [3.8, 4) is 0 Å². The lowest BCUT2D eigenvalue weighted by Crippen LogP contribution is -2.16. The van der Waals surface area contributed by atoms with E-state index in [1.165, 1.54) is 29.5 Å². The lowest BCUT2D eigenvalue weighted by atomic mass is 10.2. The number of halogens is 2. The Morgan fingerprint density at radius 1 is 1.30 bits per heavy atom. The van der Waals surface area contributed by atoms with Crippen molar-refractivity contribution in [1.29, 1.82) is 0 Å². The summed E-state index contributed by atoms with van der Waals surface area (Å²) in [6.07, 6.45) is 1.72. The largest absolute Gasteiger partial charge is 0.312 e. The highest BCUT2D eigenvalue weighted by atomic mass is 35.5. The molecule has 3 rings (SSSR count). The predicted octanol–water partition coefficient (Wildman–Crippen LogP) is 4.42. The molecule has 0 aliphatic rings. The van der Waals surface area contributed by atoms with Crippen LogP contribution in [0.5, 0.6) is 0 Å². The van der Waals surface area contributed by atoms with Crippen molar-refractivity contribution in [3.63, 3.8) is 0 Å². The van der Waals surface area contributed by atoms with E-state index in [0.717, 1.165) is 10.2 Å². The van der Waals surface area contributed by atoms with Crippen LogP contribution in [0.15, 0.2) is 60.1 Å². The van der Waals surface area contributed by atoms with Gasteiger partial charge in [0.25, 0.3) is 5.91 Å². The fraction of sp³-hybridized carbons (Fsp3) is 0.0588. The molecule has 0 aliphatic heterocycles. The number of nitrogens with zero attached hydrogens (tertiary/aromatic N) is 2. The normalized spacial score (nSPS) is 11.8. The van der Waals surface area contributed by atoms with Crippen LogP contribution in [0.2, 0.25) is 5.02 Å². The smallest absolute Gasteiger partial charge is 0.284 e. The number of hydrogen-bond donors (Lipinski definition) is 0. The topological polar surface area (TPSA) is 34.4 Å². The first-order valence-electron chi connectivity index (χ1n) is 6.84. The van der Waals surface area contributed by atoms with E-state index in [1.807, 2.05) is 28.8 Å². The monoisotopic (exact) mass is 346 g/mol. The van der Waals surface area contributed by atoms with Gasteiger partial charge >= 0.3 is 0 Å². The zero-order chi connectivity index (χ0) is 16.4. The molecule has 0 radical (unpaired) electrons. The Morgan fingerprint density at radius 2 is 2.09 bits per heavy atom. The van der Waals surface area contributed by atoms with Crippen molar-refractivity contribution in [1.82, 2.24) is 4.57 Å². The minimum atomic E-state index is -0.697. The van der Waals surface area contributed by atoms with Gasteiger partial charge in [-0.3, -0.25) is 4.79 Å². The van der Waals surface area contributed by atoms with Crippen LogP contribution in [-0.2, 0) is 6.54 Å². The summed E-state index contributed by atoms with van der Waals surface area (Å²) < 4.78 is 16.7. The zero-order valence-corrected chi connectivity index (χ0v) is 13.6. The van der Waals surface area contributed by atoms with Crippen molar-refractivity contribution in [3.05, 3.63) is 76.3 Å². The molecule has 0 atom stereocenters. The molecular weight excluding hydrogens is 335 g/mol. The maximum absolute atomic E-state index is 13.9. The van der Waals surface area contributed by atoms with E-state index in [9.17, 15) is 9.18 Å². The molecule has 0 unspecified atom stereocenters. The third kappa shape index (κ3) is 2.98. The number of benzene rings is 2. The summed E-state index contributed by atoms with van der Waals surface area (Å²) in [6.45, 7) is 4.23. The van der Waals surface area contributed by atoms with Crippen molar-refractivity contribution in [2.75, 3.05) is 0 Å². The Labute approximate surface area is 141 Å². The predicted molar refractivity (Wildman–Crippen MR) is 91.3 cm³/mol. The molecule has 0 fully saturated rings. The van der Waals surface area contributed by atoms with Crippen LogP contribution < -0.4 is 4.80 Å². The molecule has 1 heterocycles. The van der Waals surface area contributed by atoms with Crippen LogP contribution in [-0.4, -0.2) is 10.5 Å². The molecule has 0 N–H and O–H groups in total. The van der Waals surface area contributed by atoms with Gasteiger partial charge in [0.15, 0.2) is 4.80 Å². The van der Waals surface area contributed by atoms with Crippen molar-refractivity contribution < 1.29 is 9.18 Å². The van der Waals surface area contributed by atoms with Gasteiger partial charge < -0.3 is 4.57 Å². The number of hydrogen-bond acceptors (Lipinski definition) is 2. The van der Waals surface area contributed by atoms with Gasteiger partial charge in [-0.15, -0.1) is 6.58 Å². The van der Waals surface area contributed by atoms with E-state index in [0.29, 0.717) is 11.3 Å². The third-order valence-electron chi connectivity index (χ3n) is 3.27. The van der Waals surface area contributed by atoms with Crippen molar-refractivity contribution in [2.24, 2.45) is 4.99 Å². The summed E-state index contributed by atoms with van der Waals surface area (Å²) in [6, 6.07) is 11.8. The number of allylic oxidation sites excluding steroid dienone is 1. The Balaban J connectivity index is 2.19. The molecule has 0 saturated carbocycles. The van der Waals surface area contributed by atoms with Gasteiger partial charge in [0.1, 0.15) is 5.82 Å². The van der Waals surface area contributed by atoms with E-state index < -0.39 is 11.7 Å². The second kappa shape index (κ2) is 6.48. The molecule has 0 bridgehead atoms. The summed E-state index contributed by atoms with van der Waals surface area (Å²) in [5, 5.41) is 0.0510. The summed E-state index contributed by atoms with van der Waals surface area (Å²) in [7, 11) is 0. The van der Waals surface area contributed by atoms with E-state index in [1.54, 1.807) is 6.08 Å².